The SMILES string of the molecule is COc1cc2ncnc(Nc3cccc(Cl)c3F)c2cc1O[C@H]1C[C@@H](C(=O)NCC2CC2)N(C)C1. The fourth-order valence-electron chi connectivity index (χ4n) is 4.35. The molecule has 1 aliphatic heterocycles. The maximum absolute atomic E-state index is 14.5. The minimum Gasteiger partial charge on any atom is -0.493 e. The quantitative estimate of drug-likeness (QED) is 0.481. The maximum Gasteiger partial charge on any atom is 0.237 e. The molecule has 184 valence electrons. The third kappa shape index (κ3) is 5.11. The molecule has 2 atom stereocenters. The van der Waals surface area contributed by atoms with Crippen molar-refractivity contribution in [2.24, 2.45) is 5.92 Å². The van der Waals surface area contributed by atoms with E-state index in [2.05, 4.69) is 20.6 Å². The number of nitrogens with one attached hydrogen (secondary N) is 2. The standard InChI is InChI=1S/C25H27ClFN5O3/c1-32-12-15(8-20(32)25(33)28-11-14-6-7-14)35-22-9-16-19(10-21(22)34-2)29-13-30-24(16)31-18-5-3-4-17(26)23(18)27/h3-5,9-10,13-15,20H,6-8,11-12H2,1-2H3,(H,28,33)(H,29,30,31)/t15-,20-/m0/s1. The number of methoxy groups -OCH3 is 1. The Bertz CT molecular complexity index is 1260. The van der Waals surface area contributed by atoms with Gasteiger partial charge in [0.25, 0.3) is 0 Å². The lowest BCUT2D eigenvalue weighted by molar-refractivity contribution is -0.125. The summed E-state index contributed by atoms with van der Waals surface area (Å²) in [6.07, 6.45) is 4.15. The van der Waals surface area contributed by atoms with E-state index in [0.29, 0.717) is 47.1 Å². The number of rotatable bonds is 8. The zero-order chi connectivity index (χ0) is 24.5. The zero-order valence-corrected chi connectivity index (χ0v) is 20.3. The van der Waals surface area contributed by atoms with Gasteiger partial charge in [0, 0.05) is 31.0 Å². The van der Waals surface area contributed by atoms with Crippen LogP contribution < -0.4 is 20.1 Å². The van der Waals surface area contributed by atoms with E-state index in [4.69, 9.17) is 21.1 Å². The van der Waals surface area contributed by atoms with Crippen molar-refractivity contribution in [3.05, 3.63) is 47.5 Å². The largest absolute Gasteiger partial charge is 0.493 e. The number of amides is 1. The summed E-state index contributed by atoms with van der Waals surface area (Å²) >= 11 is 5.93. The summed E-state index contributed by atoms with van der Waals surface area (Å²) in [6, 6.07) is 8.01. The smallest absolute Gasteiger partial charge is 0.237 e. The van der Waals surface area contributed by atoms with Crippen molar-refractivity contribution >= 4 is 39.9 Å². The second kappa shape index (κ2) is 9.83. The van der Waals surface area contributed by atoms with E-state index >= 15 is 0 Å². The van der Waals surface area contributed by atoms with Gasteiger partial charge in [-0.3, -0.25) is 9.69 Å². The molecule has 1 aromatic heterocycles. The van der Waals surface area contributed by atoms with E-state index in [1.54, 1.807) is 31.4 Å². The maximum atomic E-state index is 14.5. The molecule has 10 heteroatoms. The fraction of sp³-hybridized carbons (Fsp3) is 0.400. The van der Waals surface area contributed by atoms with Gasteiger partial charge >= 0.3 is 0 Å². The molecular weight excluding hydrogens is 473 g/mol. The van der Waals surface area contributed by atoms with E-state index in [1.165, 1.54) is 25.2 Å². The molecule has 3 aromatic rings. The molecule has 8 nitrogen and oxygen atoms in total. The molecule has 1 amide bonds. The Morgan fingerprint density at radius 1 is 1.26 bits per heavy atom. The Morgan fingerprint density at radius 3 is 2.86 bits per heavy atom. The Balaban J connectivity index is 1.38. The number of benzene rings is 2. The highest BCUT2D eigenvalue weighted by Gasteiger charge is 2.36. The van der Waals surface area contributed by atoms with Gasteiger partial charge in [0.05, 0.1) is 29.4 Å². The van der Waals surface area contributed by atoms with Gasteiger partial charge < -0.3 is 20.1 Å². The fourth-order valence-corrected chi connectivity index (χ4v) is 4.53. The molecule has 0 radical (unpaired) electrons. The van der Waals surface area contributed by atoms with Gasteiger partial charge in [-0.2, -0.15) is 0 Å². The second-order valence-electron chi connectivity index (χ2n) is 9.09. The van der Waals surface area contributed by atoms with Crippen LogP contribution >= 0.6 is 11.6 Å². The van der Waals surface area contributed by atoms with E-state index < -0.39 is 5.82 Å². The van der Waals surface area contributed by atoms with Crippen LogP contribution in [0.15, 0.2) is 36.7 Å². The molecule has 2 N–H and O–H groups in total. The van der Waals surface area contributed by atoms with Crippen LogP contribution in [-0.2, 0) is 4.79 Å². The van der Waals surface area contributed by atoms with Gasteiger partial charge in [0.2, 0.25) is 5.91 Å². The first kappa shape index (κ1) is 23.6. The van der Waals surface area contributed by atoms with Crippen LogP contribution in [0.25, 0.3) is 10.9 Å². The van der Waals surface area contributed by atoms with E-state index in [-0.39, 0.29) is 28.8 Å². The summed E-state index contributed by atoms with van der Waals surface area (Å²) in [7, 11) is 3.49. The van der Waals surface area contributed by atoms with E-state index in [0.717, 1.165) is 6.54 Å². The lowest BCUT2D eigenvalue weighted by atomic mass is 10.1. The second-order valence-corrected chi connectivity index (χ2v) is 9.50. The molecule has 1 saturated carbocycles. The molecular formula is C25H27ClFN5O3. The van der Waals surface area contributed by atoms with Crippen molar-refractivity contribution in [1.82, 2.24) is 20.2 Å². The third-order valence-corrected chi connectivity index (χ3v) is 6.79. The minimum absolute atomic E-state index is 0.0140. The zero-order valence-electron chi connectivity index (χ0n) is 19.6. The molecule has 5 rings (SSSR count). The molecule has 1 aliphatic carbocycles. The van der Waals surface area contributed by atoms with Crippen molar-refractivity contribution < 1.29 is 18.7 Å². The predicted molar refractivity (Wildman–Crippen MR) is 132 cm³/mol. The highest BCUT2D eigenvalue weighted by molar-refractivity contribution is 6.31. The summed E-state index contributed by atoms with van der Waals surface area (Å²) in [6.45, 7) is 1.35. The number of likely N-dealkylation sites (N-methyl/N-ethyl adjacent to an activating group) is 1. The highest BCUT2D eigenvalue weighted by atomic mass is 35.5. The van der Waals surface area contributed by atoms with Crippen LogP contribution in [0, 0.1) is 11.7 Å². The lowest BCUT2D eigenvalue weighted by Crippen LogP contribution is -2.42. The number of nitrogens with zero attached hydrogens (tertiary/aromatic N) is 3. The minimum atomic E-state index is -0.564. The van der Waals surface area contributed by atoms with Gasteiger partial charge in [0.1, 0.15) is 18.2 Å². The number of carbonyl (C=O) groups is 1. The van der Waals surface area contributed by atoms with Crippen LogP contribution in [0.2, 0.25) is 5.02 Å². The van der Waals surface area contributed by atoms with Crippen LogP contribution in [0.1, 0.15) is 19.3 Å². The van der Waals surface area contributed by atoms with Crippen LogP contribution in [-0.4, -0.2) is 60.2 Å². The molecule has 0 unspecified atom stereocenters. The summed E-state index contributed by atoms with van der Waals surface area (Å²) in [4.78, 5) is 23.3. The molecule has 2 aromatic carbocycles. The number of anilines is 2. The Kier molecular flexibility index (Phi) is 6.62. The van der Waals surface area contributed by atoms with Crippen LogP contribution in [0.4, 0.5) is 15.9 Å². The first-order chi connectivity index (χ1) is 16.9. The Hall–Kier alpha value is -3.17. The number of aromatic nitrogens is 2. The van der Waals surface area contributed by atoms with Gasteiger partial charge in [-0.1, -0.05) is 17.7 Å². The molecule has 1 saturated heterocycles. The normalized spacial score (nSPS) is 20.1. The number of fused-ring (bicyclic) bond motifs is 1. The van der Waals surface area contributed by atoms with Crippen molar-refractivity contribution in [2.75, 3.05) is 32.6 Å². The average Bonchev–Trinajstić information content (AvgIpc) is 3.61. The number of likely N-dealkylation sites (tertiary alicyclic amines) is 1. The number of carbonyl (C=O) groups excluding carboxylic acids is 1. The molecule has 0 spiro atoms. The predicted octanol–water partition coefficient (Wildman–Crippen LogP) is 4.15. The highest BCUT2D eigenvalue weighted by Crippen LogP contribution is 2.37. The first-order valence-corrected chi connectivity index (χ1v) is 12.0. The van der Waals surface area contributed by atoms with Crippen molar-refractivity contribution in [1.29, 1.82) is 0 Å². The molecule has 0 bridgehead atoms. The van der Waals surface area contributed by atoms with Crippen LogP contribution in [0.3, 0.4) is 0 Å². The van der Waals surface area contributed by atoms with Gasteiger partial charge in [0.15, 0.2) is 17.3 Å². The topological polar surface area (TPSA) is 88.6 Å². The van der Waals surface area contributed by atoms with Gasteiger partial charge in [-0.25, -0.2) is 14.4 Å². The Morgan fingerprint density at radius 2 is 2.09 bits per heavy atom. The molecule has 2 fully saturated rings. The number of hydrogen-bond donors (Lipinski definition) is 2. The van der Waals surface area contributed by atoms with Crippen molar-refractivity contribution in [3.63, 3.8) is 0 Å². The van der Waals surface area contributed by atoms with Gasteiger partial charge in [-0.15, -0.1) is 0 Å². The van der Waals surface area contributed by atoms with Gasteiger partial charge in [-0.05, 0) is 44.0 Å². The number of halogens is 2. The summed E-state index contributed by atoms with van der Waals surface area (Å²) in [5.41, 5.74) is 0.809. The summed E-state index contributed by atoms with van der Waals surface area (Å²) < 4.78 is 26.3. The van der Waals surface area contributed by atoms with E-state index in [1.807, 2.05) is 11.9 Å². The van der Waals surface area contributed by atoms with Crippen molar-refractivity contribution in [2.45, 2.75) is 31.4 Å². The van der Waals surface area contributed by atoms with Crippen LogP contribution in [0.5, 0.6) is 11.5 Å². The first-order valence-electron chi connectivity index (χ1n) is 11.6. The molecule has 2 heterocycles. The summed E-state index contributed by atoms with van der Waals surface area (Å²) in [5.74, 6) is 1.53. The lowest BCUT2D eigenvalue weighted by Gasteiger charge is -2.18. The van der Waals surface area contributed by atoms with Crippen molar-refractivity contribution in [3.8, 4) is 11.5 Å². The monoisotopic (exact) mass is 499 g/mol. The molecule has 2 aliphatic rings. The number of hydrogen-bond acceptors (Lipinski definition) is 7. The van der Waals surface area contributed by atoms with E-state index in [9.17, 15) is 9.18 Å². The molecule has 35 heavy (non-hydrogen) atoms. The Labute approximate surface area is 207 Å². The number of ether oxygens (including phenoxy) is 2. The average molecular weight is 500 g/mol. The third-order valence-electron chi connectivity index (χ3n) is 6.49. The summed E-state index contributed by atoms with van der Waals surface area (Å²) in [5, 5.41) is 6.71.